The van der Waals surface area contributed by atoms with E-state index in [2.05, 4.69) is 20.9 Å². The van der Waals surface area contributed by atoms with Gasteiger partial charge in [-0.3, -0.25) is 0 Å². The fourth-order valence-corrected chi connectivity index (χ4v) is 4.10. The van der Waals surface area contributed by atoms with Crippen LogP contribution in [0.2, 0.25) is 0 Å². The van der Waals surface area contributed by atoms with Gasteiger partial charge in [0, 0.05) is 43.4 Å². The third-order valence-corrected chi connectivity index (χ3v) is 5.51. The van der Waals surface area contributed by atoms with Gasteiger partial charge in [-0.15, -0.1) is 0 Å². The minimum Gasteiger partial charge on any atom is -0.384 e. The maximum absolute atomic E-state index is 9.64. The van der Waals surface area contributed by atoms with Crippen LogP contribution in [0.3, 0.4) is 0 Å². The Labute approximate surface area is 162 Å². The van der Waals surface area contributed by atoms with Gasteiger partial charge in [0.05, 0.1) is 43.7 Å². The molecular weight excluding hydrogens is 358 g/mol. The lowest BCUT2D eigenvalue weighted by molar-refractivity contribution is 0.0974. The van der Waals surface area contributed by atoms with Crippen LogP contribution in [0.1, 0.15) is 11.1 Å². The maximum Gasteiger partial charge on any atom is 0.228 e. The second-order valence-corrected chi connectivity index (χ2v) is 7.17. The Kier molecular flexibility index (Phi) is 4.22. The average Bonchev–Trinajstić information content (AvgIpc) is 3.12. The quantitative estimate of drug-likeness (QED) is 0.801. The second kappa shape index (κ2) is 6.89. The molecule has 0 radical (unpaired) electrons. The zero-order valence-corrected chi connectivity index (χ0v) is 15.5. The molecule has 9 heteroatoms. The normalized spacial score (nSPS) is 21.2. The standard InChI is InChI=1S/C19H21N7O2/c20-9-12-7-16(21)22-10-15(12)17-14-8-13-11-28-6-3-26(13)18(14)24-19(23-17)25-1-4-27-5-2-25/h7,10,13H,1-6,8,11H2,(H2,21,22). The van der Waals surface area contributed by atoms with Crippen molar-refractivity contribution in [1.82, 2.24) is 15.0 Å². The largest absolute Gasteiger partial charge is 0.384 e. The number of nitrogens with zero attached hydrogens (tertiary/aromatic N) is 6. The SMILES string of the molecule is N#Cc1cc(N)ncc1-c1nc(N2CCOCC2)nc2c1CC1COCCN21. The lowest BCUT2D eigenvalue weighted by Gasteiger charge is -2.32. The number of nitrogen functional groups attached to an aromatic ring is 1. The highest BCUT2D eigenvalue weighted by atomic mass is 16.5. The number of nitriles is 1. The van der Waals surface area contributed by atoms with Crippen molar-refractivity contribution in [2.24, 2.45) is 0 Å². The molecule has 2 aromatic rings. The van der Waals surface area contributed by atoms with Crippen LogP contribution in [0.15, 0.2) is 12.3 Å². The number of ether oxygens (including phenoxy) is 2. The molecule has 2 fully saturated rings. The van der Waals surface area contributed by atoms with Crippen LogP contribution in [0.25, 0.3) is 11.3 Å². The van der Waals surface area contributed by atoms with Gasteiger partial charge >= 0.3 is 0 Å². The van der Waals surface area contributed by atoms with Crippen molar-refractivity contribution >= 4 is 17.6 Å². The van der Waals surface area contributed by atoms with E-state index in [1.165, 1.54) is 0 Å². The molecule has 2 N–H and O–H groups in total. The molecule has 5 rings (SSSR count). The summed E-state index contributed by atoms with van der Waals surface area (Å²) in [4.78, 5) is 18.5. The summed E-state index contributed by atoms with van der Waals surface area (Å²) in [5, 5.41) is 9.64. The van der Waals surface area contributed by atoms with Crippen LogP contribution >= 0.6 is 0 Å². The van der Waals surface area contributed by atoms with Crippen molar-refractivity contribution < 1.29 is 9.47 Å². The minimum absolute atomic E-state index is 0.254. The molecule has 0 spiro atoms. The number of pyridine rings is 1. The molecule has 2 aromatic heterocycles. The third-order valence-electron chi connectivity index (χ3n) is 5.51. The van der Waals surface area contributed by atoms with E-state index in [0.29, 0.717) is 49.3 Å². The summed E-state index contributed by atoms with van der Waals surface area (Å²) in [7, 11) is 0. The minimum atomic E-state index is 0.254. The smallest absolute Gasteiger partial charge is 0.228 e. The van der Waals surface area contributed by atoms with Crippen LogP contribution < -0.4 is 15.5 Å². The van der Waals surface area contributed by atoms with Gasteiger partial charge in [0.2, 0.25) is 5.95 Å². The Balaban J connectivity index is 1.68. The number of hydrogen-bond donors (Lipinski definition) is 1. The average molecular weight is 379 g/mol. The molecule has 0 aromatic carbocycles. The Morgan fingerprint density at radius 1 is 1.14 bits per heavy atom. The van der Waals surface area contributed by atoms with Gasteiger partial charge in [0.25, 0.3) is 0 Å². The summed E-state index contributed by atoms with van der Waals surface area (Å²) >= 11 is 0. The van der Waals surface area contributed by atoms with E-state index in [-0.39, 0.29) is 6.04 Å². The summed E-state index contributed by atoms with van der Waals surface area (Å²) < 4.78 is 11.1. The molecule has 0 saturated carbocycles. The van der Waals surface area contributed by atoms with Crippen LogP contribution in [-0.2, 0) is 15.9 Å². The summed E-state index contributed by atoms with van der Waals surface area (Å²) in [5.74, 6) is 1.94. The van der Waals surface area contributed by atoms with Gasteiger partial charge < -0.3 is 25.0 Å². The van der Waals surface area contributed by atoms with Crippen LogP contribution in [0.4, 0.5) is 17.6 Å². The van der Waals surface area contributed by atoms with Gasteiger partial charge in [-0.25, -0.2) is 9.97 Å². The first-order valence-electron chi connectivity index (χ1n) is 9.48. The Morgan fingerprint density at radius 3 is 2.79 bits per heavy atom. The summed E-state index contributed by atoms with van der Waals surface area (Å²) in [6.07, 6.45) is 2.44. The fraction of sp³-hybridized carbons (Fsp3) is 0.474. The molecule has 1 unspecified atom stereocenters. The molecule has 5 heterocycles. The number of nitrogens with two attached hydrogens (primary N) is 1. The van der Waals surface area contributed by atoms with E-state index < -0.39 is 0 Å². The monoisotopic (exact) mass is 379 g/mol. The first-order valence-corrected chi connectivity index (χ1v) is 9.48. The number of anilines is 3. The Bertz CT molecular complexity index is 952. The second-order valence-electron chi connectivity index (χ2n) is 7.17. The van der Waals surface area contributed by atoms with Gasteiger partial charge in [-0.05, 0) is 6.07 Å². The molecule has 1 atom stereocenters. The van der Waals surface area contributed by atoms with E-state index in [4.69, 9.17) is 25.2 Å². The van der Waals surface area contributed by atoms with Gasteiger partial charge in [-0.1, -0.05) is 0 Å². The Hall–Kier alpha value is -2.96. The van der Waals surface area contributed by atoms with Gasteiger partial charge in [0.1, 0.15) is 17.7 Å². The highest BCUT2D eigenvalue weighted by molar-refractivity contribution is 5.77. The summed E-state index contributed by atoms with van der Waals surface area (Å²) in [6.45, 7) is 4.97. The zero-order chi connectivity index (χ0) is 19.1. The van der Waals surface area contributed by atoms with Crippen molar-refractivity contribution in [3.8, 4) is 17.3 Å². The van der Waals surface area contributed by atoms with Gasteiger partial charge in [0.15, 0.2) is 0 Å². The highest BCUT2D eigenvalue weighted by Gasteiger charge is 2.37. The molecule has 0 bridgehead atoms. The van der Waals surface area contributed by atoms with E-state index >= 15 is 0 Å². The molecular formula is C19H21N7O2. The predicted molar refractivity (Wildman–Crippen MR) is 103 cm³/mol. The van der Waals surface area contributed by atoms with E-state index in [9.17, 15) is 5.26 Å². The molecule has 0 amide bonds. The lowest BCUT2D eigenvalue weighted by Crippen LogP contribution is -2.43. The third kappa shape index (κ3) is 2.82. The molecule has 3 aliphatic heterocycles. The number of rotatable bonds is 2. The molecule has 9 nitrogen and oxygen atoms in total. The molecule has 28 heavy (non-hydrogen) atoms. The number of aromatic nitrogens is 3. The zero-order valence-electron chi connectivity index (χ0n) is 15.5. The van der Waals surface area contributed by atoms with E-state index in [1.807, 2.05) is 0 Å². The summed E-state index contributed by atoms with van der Waals surface area (Å²) in [5.41, 5.74) is 8.79. The van der Waals surface area contributed by atoms with Crippen molar-refractivity contribution in [3.05, 3.63) is 23.4 Å². The van der Waals surface area contributed by atoms with Crippen molar-refractivity contribution in [2.45, 2.75) is 12.5 Å². The maximum atomic E-state index is 9.64. The van der Waals surface area contributed by atoms with Gasteiger partial charge in [-0.2, -0.15) is 10.2 Å². The van der Waals surface area contributed by atoms with Crippen molar-refractivity contribution in [3.63, 3.8) is 0 Å². The summed E-state index contributed by atoms with van der Waals surface area (Å²) in [6, 6.07) is 4.09. The van der Waals surface area contributed by atoms with Crippen LogP contribution in [0, 0.1) is 11.3 Å². The Morgan fingerprint density at radius 2 is 1.96 bits per heavy atom. The number of hydrogen-bond acceptors (Lipinski definition) is 9. The molecule has 2 saturated heterocycles. The lowest BCUT2D eigenvalue weighted by atomic mass is 10.0. The van der Waals surface area contributed by atoms with Crippen LogP contribution in [-0.4, -0.2) is 67.1 Å². The fourth-order valence-electron chi connectivity index (χ4n) is 4.10. The molecule has 144 valence electrons. The van der Waals surface area contributed by atoms with Crippen LogP contribution in [0.5, 0.6) is 0 Å². The highest BCUT2D eigenvalue weighted by Crippen LogP contribution is 2.40. The predicted octanol–water partition coefficient (Wildman–Crippen LogP) is 0.590. The van der Waals surface area contributed by atoms with Crippen molar-refractivity contribution in [1.29, 1.82) is 5.26 Å². The molecule has 3 aliphatic rings. The first kappa shape index (κ1) is 17.2. The van der Waals surface area contributed by atoms with Crippen molar-refractivity contribution in [2.75, 3.05) is 61.6 Å². The number of fused-ring (bicyclic) bond motifs is 3. The van der Waals surface area contributed by atoms with E-state index in [1.54, 1.807) is 12.3 Å². The topological polar surface area (TPSA) is 113 Å². The number of morpholine rings is 2. The molecule has 0 aliphatic carbocycles. The van der Waals surface area contributed by atoms with E-state index in [0.717, 1.165) is 43.1 Å². The first-order chi connectivity index (χ1) is 13.7.